The summed E-state index contributed by atoms with van der Waals surface area (Å²) in [4.78, 5) is 11.6. The van der Waals surface area contributed by atoms with Gasteiger partial charge in [0.15, 0.2) is 0 Å². The van der Waals surface area contributed by atoms with Crippen molar-refractivity contribution in [2.45, 2.75) is 4.90 Å². The van der Waals surface area contributed by atoms with Crippen molar-refractivity contribution in [3.63, 3.8) is 0 Å². The predicted molar refractivity (Wildman–Crippen MR) is 90.1 cm³/mol. The molecule has 2 aromatic carbocycles. The summed E-state index contributed by atoms with van der Waals surface area (Å²) >= 11 is 11.7. The minimum atomic E-state index is -4.03. The van der Waals surface area contributed by atoms with Gasteiger partial charge >= 0.3 is 5.97 Å². The Labute approximate surface area is 149 Å². The van der Waals surface area contributed by atoms with Crippen LogP contribution in [0.3, 0.4) is 0 Å². The van der Waals surface area contributed by atoms with Crippen molar-refractivity contribution >= 4 is 39.2 Å². The Morgan fingerprint density at radius 3 is 2.42 bits per heavy atom. The zero-order chi connectivity index (χ0) is 17.7. The normalized spacial score (nSPS) is 11.1. The maximum absolute atomic E-state index is 11.9. The Hall–Kier alpha value is -1.80. The lowest BCUT2D eigenvalue weighted by Gasteiger charge is -2.09. The van der Waals surface area contributed by atoms with Crippen LogP contribution < -0.4 is 9.88 Å². The first-order chi connectivity index (χ1) is 11.3. The number of nitrogens with two attached hydrogens (primary N) is 1. The molecule has 0 saturated heterocycles. The molecule has 0 spiro atoms. The fourth-order valence-electron chi connectivity index (χ4n) is 1.78. The molecule has 2 aromatic rings. The number of carbonyl (C=O) groups is 1. The van der Waals surface area contributed by atoms with Crippen LogP contribution in [0.4, 0.5) is 0 Å². The van der Waals surface area contributed by atoms with Crippen LogP contribution in [0.5, 0.6) is 5.75 Å². The van der Waals surface area contributed by atoms with E-state index in [1.807, 2.05) is 0 Å². The van der Waals surface area contributed by atoms with Crippen molar-refractivity contribution in [3.8, 4) is 5.75 Å². The maximum Gasteiger partial charge on any atom is 0.338 e. The number of carbonyl (C=O) groups excluding carboxylic acids is 1. The third kappa shape index (κ3) is 4.85. The molecule has 6 nitrogen and oxygen atoms in total. The first-order valence-electron chi connectivity index (χ1n) is 6.66. The summed E-state index contributed by atoms with van der Waals surface area (Å²) in [7, 11) is -4.03. The van der Waals surface area contributed by atoms with E-state index in [9.17, 15) is 13.2 Å². The number of sulfonamides is 1. The molecular formula is C15H13Cl2NO5S. The van der Waals surface area contributed by atoms with Crippen LogP contribution in [0.25, 0.3) is 0 Å². The quantitative estimate of drug-likeness (QED) is 0.605. The van der Waals surface area contributed by atoms with E-state index in [2.05, 4.69) is 0 Å². The Kier molecular flexibility index (Phi) is 6.06. The van der Waals surface area contributed by atoms with Crippen LogP contribution in [0, 0.1) is 0 Å². The van der Waals surface area contributed by atoms with Gasteiger partial charge < -0.3 is 9.47 Å². The van der Waals surface area contributed by atoms with Gasteiger partial charge in [0.2, 0.25) is 10.0 Å². The summed E-state index contributed by atoms with van der Waals surface area (Å²) in [6.07, 6.45) is 0. The van der Waals surface area contributed by atoms with Gasteiger partial charge in [-0.25, -0.2) is 18.4 Å². The lowest BCUT2D eigenvalue weighted by Crippen LogP contribution is -2.15. The number of hydrogen-bond acceptors (Lipinski definition) is 5. The minimum Gasteiger partial charge on any atom is -0.488 e. The number of para-hydroxylation sites is 1. The van der Waals surface area contributed by atoms with E-state index in [1.165, 1.54) is 12.1 Å². The summed E-state index contributed by atoms with van der Waals surface area (Å²) in [5.41, 5.74) is 0.0150. The molecule has 9 heteroatoms. The molecule has 24 heavy (non-hydrogen) atoms. The highest BCUT2D eigenvalue weighted by atomic mass is 35.5. The SMILES string of the molecule is NS(=O)(=O)c1cc(C(=O)OCCOc2ccccc2Cl)ccc1Cl. The molecule has 0 aliphatic rings. The molecule has 0 unspecified atom stereocenters. The molecular weight excluding hydrogens is 377 g/mol. The Balaban J connectivity index is 1.95. The second kappa shape index (κ2) is 7.85. The molecule has 0 bridgehead atoms. The highest BCUT2D eigenvalue weighted by Crippen LogP contribution is 2.23. The van der Waals surface area contributed by atoms with Gasteiger partial charge in [0.1, 0.15) is 23.9 Å². The molecule has 0 heterocycles. The number of halogens is 2. The Bertz CT molecular complexity index is 855. The zero-order valence-corrected chi connectivity index (χ0v) is 14.6. The second-order valence-electron chi connectivity index (χ2n) is 4.61. The van der Waals surface area contributed by atoms with Gasteiger partial charge in [-0.2, -0.15) is 0 Å². The lowest BCUT2D eigenvalue weighted by molar-refractivity contribution is 0.0450. The van der Waals surface area contributed by atoms with Crippen LogP contribution >= 0.6 is 23.2 Å². The molecule has 128 valence electrons. The smallest absolute Gasteiger partial charge is 0.338 e. The fraction of sp³-hybridized carbons (Fsp3) is 0.133. The number of hydrogen-bond donors (Lipinski definition) is 1. The predicted octanol–water partition coefficient (Wildman–Crippen LogP) is 2.88. The molecule has 0 fully saturated rings. The monoisotopic (exact) mass is 389 g/mol. The maximum atomic E-state index is 11.9. The van der Waals surface area contributed by atoms with Crippen LogP contribution in [-0.4, -0.2) is 27.6 Å². The van der Waals surface area contributed by atoms with Crippen LogP contribution in [0.15, 0.2) is 47.4 Å². The van der Waals surface area contributed by atoms with Crippen LogP contribution in [0.2, 0.25) is 10.0 Å². The van der Waals surface area contributed by atoms with Crippen LogP contribution in [0.1, 0.15) is 10.4 Å². The first-order valence-corrected chi connectivity index (χ1v) is 8.96. The summed E-state index contributed by atoms with van der Waals surface area (Å²) < 4.78 is 33.2. The van der Waals surface area contributed by atoms with E-state index >= 15 is 0 Å². The topological polar surface area (TPSA) is 95.7 Å². The van der Waals surface area contributed by atoms with Gasteiger partial charge in [-0.1, -0.05) is 35.3 Å². The van der Waals surface area contributed by atoms with Crippen molar-refractivity contribution in [1.82, 2.24) is 0 Å². The fourth-order valence-corrected chi connectivity index (χ4v) is 3.04. The lowest BCUT2D eigenvalue weighted by atomic mass is 10.2. The molecule has 0 aliphatic heterocycles. The summed E-state index contributed by atoms with van der Waals surface area (Å²) in [6.45, 7) is 0.0441. The molecule has 2 N–H and O–H groups in total. The molecule has 0 aromatic heterocycles. The zero-order valence-electron chi connectivity index (χ0n) is 12.2. The van der Waals surface area contributed by atoms with Crippen molar-refractivity contribution in [2.24, 2.45) is 5.14 Å². The summed E-state index contributed by atoms with van der Waals surface area (Å²) in [5, 5.41) is 5.40. The largest absolute Gasteiger partial charge is 0.488 e. The first kappa shape index (κ1) is 18.5. The van der Waals surface area contributed by atoms with E-state index in [1.54, 1.807) is 24.3 Å². The highest BCUT2D eigenvalue weighted by Gasteiger charge is 2.17. The number of esters is 1. The van der Waals surface area contributed by atoms with Gasteiger partial charge in [-0.05, 0) is 30.3 Å². The van der Waals surface area contributed by atoms with E-state index in [4.69, 9.17) is 37.8 Å². The average molecular weight is 390 g/mol. The van der Waals surface area contributed by atoms with Gasteiger partial charge in [0.05, 0.1) is 15.6 Å². The molecule has 0 saturated carbocycles. The highest BCUT2D eigenvalue weighted by molar-refractivity contribution is 7.89. The van der Waals surface area contributed by atoms with Gasteiger partial charge in [-0.15, -0.1) is 0 Å². The molecule has 2 rings (SSSR count). The van der Waals surface area contributed by atoms with Gasteiger partial charge in [0, 0.05) is 0 Å². The van der Waals surface area contributed by atoms with Crippen molar-refractivity contribution in [2.75, 3.05) is 13.2 Å². The number of benzene rings is 2. The van der Waals surface area contributed by atoms with Crippen molar-refractivity contribution < 1.29 is 22.7 Å². The third-order valence-corrected chi connectivity index (χ3v) is 4.59. The molecule has 0 amide bonds. The van der Waals surface area contributed by atoms with Crippen LogP contribution in [-0.2, 0) is 14.8 Å². The number of primary sulfonamides is 1. The Morgan fingerprint density at radius 1 is 1.04 bits per heavy atom. The molecule has 0 radical (unpaired) electrons. The molecule has 0 aliphatic carbocycles. The number of ether oxygens (including phenoxy) is 2. The third-order valence-electron chi connectivity index (χ3n) is 2.88. The standard InChI is InChI=1S/C15H13Cl2NO5S/c16-11-3-1-2-4-13(11)22-7-8-23-15(19)10-5-6-12(17)14(9-10)24(18,20)21/h1-6,9H,7-8H2,(H2,18,20,21). The Morgan fingerprint density at radius 2 is 1.75 bits per heavy atom. The van der Waals surface area contributed by atoms with E-state index in [0.29, 0.717) is 10.8 Å². The van der Waals surface area contributed by atoms with E-state index < -0.39 is 16.0 Å². The van der Waals surface area contributed by atoms with Crippen molar-refractivity contribution in [3.05, 3.63) is 58.1 Å². The molecule has 0 atom stereocenters. The average Bonchev–Trinajstić information content (AvgIpc) is 2.52. The van der Waals surface area contributed by atoms with Crippen molar-refractivity contribution in [1.29, 1.82) is 0 Å². The van der Waals surface area contributed by atoms with Gasteiger partial charge in [0.25, 0.3) is 0 Å². The number of rotatable bonds is 6. The minimum absolute atomic E-state index is 0.0150. The van der Waals surface area contributed by atoms with E-state index in [0.717, 1.165) is 6.07 Å². The second-order valence-corrected chi connectivity index (χ2v) is 6.95. The summed E-state index contributed by atoms with van der Waals surface area (Å²) in [6, 6.07) is 10.5. The summed E-state index contributed by atoms with van der Waals surface area (Å²) in [5.74, 6) is -0.252. The van der Waals surface area contributed by atoms with Gasteiger partial charge in [-0.3, -0.25) is 0 Å². The van der Waals surface area contributed by atoms with E-state index in [-0.39, 0.29) is 28.7 Å².